The lowest BCUT2D eigenvalue weighted by Crippen LogP contribution is -1.96. The minimum atomic E-state index is -0.970. The summed E-state index contributed by atoms with van der Waals surface area (Å²) in [5.74, 6) is -1.94. The Morgan fingerprint density at radius 3 is 0.933 bits per heavy atom. The van der Waals surface area contributed by atoms with Gasteiger partial charge in [-0.3, -0.25) is 0 Å². The molecule has 4 nitrogen and oxygen atoms in total. The number of aromatic carboxylic acids is 2. The van der Waals surface area contributed by atoms with Crippen molar-refractivity contribution in [1.82, 2.24) is 0 Å². The predicted molar refractivity (Wildman–Crippen MR) is 118 cm³/mol. The van der Waals surface area contributed by atoms with Crippen LogP contribution in [0.3, 0.4) is 0 Å². The lowest BCUT2D eigenvalue weighted by Gasteiger charge is -2.03. The molecule has 0 aliphatic heterocycles. The standard InChI is InChI=1S/C14H10O4.C12H10/c15-13(16)11-5-1-9(2-6-11)10-3-7-12(8-4-10)14(17)18;1-3-7-11(8-4-1)12-9-5-2-6-10-12/h1-8H,(H,15,16)(H,17,18);1-10H. The van der Waals surface area contributed by atoms with Crippen molar-refractivity contribution in [3.8, 4) is 22.3 Å². The summed E-state index contributed by atoms with van der Waals surface area (Å²) in [5, 5.41) is 17.6. The Kier molecular flexibility index (Phi) is 6.74. The van der Waals surface area contributed by atoms with Gasteiger partial charge in [-0.15, -0.1) is 0 Å². The van der Waals surface area contributed by atoms with Crippen LogP contribution < -0.4 is 0 Å². The van der Waals surface area contributed by atoms with Crippen LogP contribution in [0.2, 0.25) is 0 Å². The third-order valence-corrected chi connectivity index (χ3v) is 4.48. The normalized spacial score (nSPS) is 9.87. The molecule has 0 fully saturated rings. The van der Waals surface area contributed by atoms with Crippen LogP contribution in [-0.2, 0) is 0 Å². The Morgan fingerprint density at radius 1 is 0.400 bits per heavy atom. The number of carbonyl (C=O) groups is 2. The quantitative estimate of drug-likeness (QED) is 0.437. The molecule has 4 aromatic rings. The molecule has 4 aromatic carbocycles. The van der Waals surface area contributed by atoms with Crippen molar-refractivity contribution < 1.29 is 19.8 Å². The van der Waals surface area contributed by atoms with Gasteiger partial charge in [-0.1, -0.05) is 84.9 Å². The van der Waals surface area contributed by atoms with Gasteiger partial charge in [0, 0.05) is 0 Å². The molecule has 0 aromatic heterocycles. The Bertz CT molecular complexity index is 1010. The summed E-state index contributed by atoms with van der Waals surface area (Å²) >= 11 is 0. The highest BCUT2D eigenvalue weighted by molar-refractivity contribution is 5.89. The van der Waals surface area contributed by atoms with E-state index in [2.05, 4.69) is 48.5 Å². The highest BCUT2D eigenvalue weighted by Gasteiger charge is 2.05. The third kappa shape index (κ3) is 5.42. The number of hydrogen-bond acceptors (Lipinski definition) is 2. The van der Waals surface area contributed by atoms with Crippen molar-refractivity contribution in [3.63, 3.8) is 0 Å². The SMILES string of the molecule is O=C(O)c1ccc(-c2ccc(C(=O)O)cc2)cc1.c1ccc(-c2ccccc2)cc1. The molecule has 4 heteroatoms. The fraction of sp³-hybridized carbons (Fsp3) is 0. The van der Waals surface area contributed by atoms with E-state index in [1.165, 1.54) is 35.4 Å². The maximum absolute atomic E-state index is 10.7. The Labute approximate surface area is 174 Å². The molecule has 4 rings (SSSR count). The lowest BCUT2D eigenvalue weighted by atomic mass is 10.0. The maximum Gasteiger partial charge on any atom is 0.335 e. The fourth-order valence-electron chi connectivity index (χ4n) is 2.87. The Balaban J connectivity index is 0.000000184. The smallest absolute Gasteiger partial charge is 0.335 e. The van der Waals surface area contributed by atoms with Crippen molar-refractivity contribution in [3.05, 3.63) is 120 Å². The zero-order chi connectivity index (χ0) is 21.3. The van der Waals surface area contributed by atoms with E-state index in [-0.39, 0.29) is 11.1 Å². The summed E-state index contributed by atoms with van der Waals surface area (Å²) in [5.41, 5.74) is 4.69. The molecule has 0 aliphatic rings. The zero-order valence-corrected chi connectivity index (χ0v) is 16.1. The first kappa shape index (κ1) is 20.6. The average Bonchev–Trinajstić information content (AvgIpc) is 2.81. The topological polar surface area (TPSA) is 74.6 Å². The van der Waals surface area contributed by atoms with Crippen LogP contribution in [0.4, 0.5) is 0 Å². The van der Waals surface area contributed by atoms with Crippen LogP contribution >= 0.6 is 0 Å². The summed E-state index contributed by atoms with van der Waals surface area (Å²) in [6.07, 6.45) is 0. The molecule has 0 saturated heterocycles. The van der Waals surface area contributed by atoms with E-state index in [4.69, 9.17) is 10.2 Å². The largest absolute Gasteiger partial charge is 0.478 e. The summed E-state index contributed by atoms with van der Waals surface area (Å²) in [6, 6.07) is 33.6. The molecule has 0 atom stereocenters. The van der Waals surface area contributed by atoms with Gasteiger partial charge in [0.1, 0.15) is 0 Å². The Hall–Kier alpha value is -4.18. The van der Waals surface area contributed by atoms with Gasteiger partial charge in [-0.2, -0.15) is 0 Å². The maximum atomic E-state index is 10.7. The van der Waals surface area contributed by atoms with Crippen LogP contribution in [-0.4, -0.2) is 22.2 Å². The molecule has 2 N–H and O–H groups in total. The van der Waals surface area contributed by atoms with E-state index in [0.29, 0.717) is 0 Å². The first-order valence-electron chi connectivity index (χ1n) is 9.32. The van der Waals surface area contributed by atoms with E-state index in [1.807, 2.05) is 12.1 Å². The van der Waals surface area contributed by atoms with E-state index in [0.717, 1.165) is 11.1 Å². The van der Waals surface area contributed by atoms with Crippen LogP contribution in [0.5, 0.6) is 0 Å². The van der Waals surface area contributed by atoms with Crippen LogP contribution in [0.1, 0.15) is 20.7 Å². The minimum absolute atomic E-state index is 0.223. The van der Waals surface area contributed by atoms with Crippen molar-refractivity contribution >= 4 is 11.9 Å². The molecule has 0 unspecified atom stereocenters. The van der Waals surface area contributed by atoms with E-state index in [9.17, 15) is 9.59 Å². The first-order valence-corrected chi connectivity index (χ1v) is 9.32. The molecule has 0 amide bonds. The van der Waals surface area contributed by atoms with Crippen molar-refractivity contribution in [2.75, 3.05) is 0 Å². The fourth-order valence-corrected chi connectivity index (χ4v) is 2.87. The van der Waals surface area contributed by atoms with Gasteiger partial charge in [-0.25, -0.2) is 9.59 Å². The van der Waals surface area contributed by atoms with Gasteiger partial charge in [-0.05, 0) is 46.5 Å². The van der Waals surface area contributed by atoms with E-state index >= 15 is 0 Å². The molecule has 0 spiro atoms. The zero-order valence-electron chi connectivity index (χ0n) is 16.1. The molecule has 0 heterocycles. The number of benzene rings is 4. The van der Waals surface area contributed by atoms with Crippen LogP contribution in [0.15, 0.2) is 109 Å². The highest BCUT2D eigenvalue weighted by Crippen LogP contribution is 2.20. The minimum Gasteiger partial charge on any atom is -0.478 e. The van der Waals surface area contributed by atoms with E-state index in [1.54, 1.807) is 24.3 Å². The van der Waals surface area contributed by atoms with E-state index < -0.39 is 11.9 Å². The van der Waals surface area contributed by atoms with Crippen molar-refractivity contribution in [2.24, 2.45) is 0 Å². The second-order valence-corrected chi connectivity index (χ2v) is 6.50. The number of hydrogen-bond donors (Lipinski definition) is 2. The summed E-state index contributed by atoms with van der Waals surface area (Å²) < 4.78 is 0. The van der Waals surface area contributed by atoms with Crippen molar-refractivity contribution in [2.45, 2.75) is 0 Å². The predicted octanol–water partition coefficient (Wildman–Crippen LogP) is 6.10. The second kappa shape index (κ2) is 9.85. The molecule has 0 aliphatic carbocycles. The second-order valence-electron chi connectivity index (χ2n) is 6.50. The van der Waals surface area contributed by atoms with Gasteiger partial charge in [0.2, 0.25) is 0 Å². The first-order chi connectivity index (χ1) is 14.5. The molecular weight excluding hydrogens is 376 g/mol. The summed E-state index contributed by atoms with van der Waals surface area (Å²) in [6.45, 7) is 0. The van der Waals surface area contributed by atoms with Crippen LogP contribution in [0, 0.1) is 0 Å². The van der Waals surface area contributed by atoms with Gasteiger partial charge in [0.05, 0.1) is 11.1 Å². The average molecular weight is 396 g/mol. The molecule has 0 saturated carbocycles. The number of carboxylic acid groups (broad SMARTS) is 2. The molecule has 0 bridgehead atoms. The van der Waals surface area contributed by atoms with Crippen LogP contribution in [0.25, 0.3) is 22.3 Å². The Morgan fingerprint density at radius 2 is 0.667 bits per heavy atom. The molecule has 0 radical (unpaired) electrons. The molecule has 30 heavy (non-hydrogen) atoms. The number of carboxylic acids is 2. The third-order valence-electron chi connectivity index (χ3n) is 4.48. The van der Waals surface area contributed by atoms with Gasteiger partial charge < -0.3 is 10.2 Å². The summed E-state index contributed by atoms with van der Waals surface area (Å²) in [4.78, 5) is 21.4. The molecular formula is C26H20O4. The molecule has 148 valence electrons. The highest BCUT2D eigenvalue weighted by atomic mass is 16.4. The lowest BCUT2D eigenvalue weighted by molar-refractivity contribution is 0.0686. The number of rotatable bonds is 4. The summed E-state index contributed by atoms with van der Waals surface area (Å²) in [7, 11) is 0. The van der Waals surface area contributed by atoms with Gasteiger partial charge in [0.15, 0.2) is 0 Å². The monoisotopic (exact) mass is 396 g/mol. The van der Waals surface area contributed by atoms with Crippen molar-refractivity contribution in [1.29, 1.82) is 0 Å². The van der Waals surface area contributed by atoms with Gasteiger partial charge >= 0.3 is 11.9 Å². The van der Waals surface area contributed by atoms with Gasteiger partial charge in [0.25, 0.3) is 0 Å².